The van der Waals surface area contributed by atoms with E-state index in [-0.39, 0.29) is 39.0 Å². The predicted molar refractivity (Wildman–Crippen MR) is 155 cm³/mol. The Morgan fingerprint density at radius 3 is 2.21 bits per heavy atom. The second-order valence-electron chi connectivity index (χ2n) is 9.89. The molecule has 0 aliphatic carbocycles. The zero-order chi connectivity index (χ0) is 31.2. The van der Waals surface area contributed by atoms with Gasteiger partial charge in [-0.25, -0.2) is 14.5 Å². The first kappa shape index (κ1) is 33.0. The van der Waals surface area contributed by atoms with Gasteiger partial charge in [-0.1, -0.05) is 60.7 Å². The van der Waals surface area contributed by atoms with Gasteiger partial charge < -0.3 is 41.0 Å². The molecular weight excluding hydrogens is 561 g/mol. The van der Waals surface area contributed by atoms with Crippen molar-refractivity contribution >= 4 is 37.1 Å². The van der Waals surface area contributed by atoms with Crippen LogP contribution in [0.4, 0.5) is 9.59 Å². The van der Waals surface area contributed by atoms with Crippen molar-refractivity contribution in [1.82, 2.24) is 10.2 Å². The van der Waals surface area contributed by atoms with Crippen molar-refractivity contribution in [2.24, 2.45) is 16.5 Å². The lowest BCUT2D eigenvalue weighted by atomic mass is 9.72. The summed E-state index contributed by atoms with van der Waals surface area (Å²) in [5.41, 5.74) is 13.5. The maximum Gasteiger partial charge on any atom is 0.478 e. The van der Waals surface area contributed by atoms with E-state index in [4.69, 9.17) is 30.7 Å². The summed E-state index contributed by atoms with van der Waals surface area (Å²) in [6, 6.07) is 16.9. The molecule has 0 saturated carbocycles. The molecule has 43 heavy (non-hydrogen) atoms. The number of aliphatic imine (C=N–C) groups is 1. The molecule has 0 bridgehead atoms. The number of nitrogens with zero attached hydrogens (tertiary/aromatic N) is 2. The van der Waals surface area contributed by atoms with Crippen LogP contribution >= 0.6 is 0 Å². The van der Waals surface area contributed by atoms with Crippen LogP contribution in [0.2, 0.25) is 0 Å². The van der Waals surface area contributed by atoms with Gasteiger partial charge in [0, 0.05) is 6.54 Å². The number of amides is 3. The number of hydrogen-bond acceptors (Lipinski definition) is 9. The number of carbonyl (C=O) groups excluding carboxylic acids is 3. The molecule has 3 rings (SSSR count). The van der Waals surface area contributed by atoms with E-state index in [1.54, 1.807) is 48.5 Å². The van der Waals surface area contributed by atoms with Gasteiger partial charge in [-0.3, -0.25) is 9.59 Å². The Bertz CT molecular complexity index is 1250. The molecule has 2 aromatic carbocycles. The van der Waals surface area contributed by atoms with E-state index in [9.17, 15) is 24.2 Å². The molecule has 2 aromatic rings. The molecule has 230 valence electrons. The fourth-order valence-corrected chi connectivity index (χ4v) is 4.25. The summed E-state index contributed by atoms with van der Waals surface area (Å²) in [4.78, 5) is 53.4. The Balaban J connectivity index is 1.55. The first-order valence-corrected chi connectivity index (χ1v) is 13.8. The fourth-order valence-electron chi connectivity index (χ4n) is 4.25. The van der Waals surface area contributed by atoms with Crippen LogP contribution in [0.5, 0.6) is 0 Å². The van der Waals surface area contributed by atoms with Gasteiger partial charge in [-0.15, -0.1) is 4.99 Å². The van der Waals surface area contributed by atoms with Crippen molar-refractivity contribution in [1.29, 1.82) is 0 Å². The van der Waals surface area contributed by atoms with E-state index >= 15 is 0 Å². The van der Waals surface area contributed by atoms with Crippen molar-refractivity contribution in [3.05, 3.63) is 71.8 Å². The molecule has 14 nitrogen and oxygen atoms in total. The quantitative estimate of drug-likeness (QED) is 0.134. The molecular formula is C28H36BN5O9. The van der Waals surface area contributed by atoms with Crippen LogP contribution in [-0.2, 0) is 36.9 Å². The maximum absolute atomic E-state index is 12.9. The van der Waals surface area contributed by atoms with Crippen LogP contribution in [0.3, 0.4) is 0 Å². The number of carbonyl (C=O) groups is 4. The Hall–Kier alpha value is -4.47. The zero-order valence-corrected chi connectivity index (χ0v) is 23.5. The largest absolute Gasteiger partial charge is 0.481 e. The number of aliphatic carboxylic acids is 1. The Kier molecular flexibility index (Phi) is 12.9. The van der Waals surface area contributed by atoms with E-state index in [1.807, 2.05) is 12.1 Å². The minimum atomic E-state index is -1.37. The van der Waals surface area contributed by atoms with Crippen LogP contribution in [0.15, 0.2) is 65.7 Å². The number of carboxylic acids is 1. The van der Waals surface area contributed by atoms with Gasteiger partial charge in [-0.2, -0.15) is 0 Å². The highest BCUT2D eigenvalue weighted by atomic mass is 16.6. The molecule has 1 aliphatic heterocycles. The first-order chi connectivity index (χ1) is 20.6. The third kappa shape index (κ3) is 11.4. The van der Waals surface area contributed by atoms with Crippen LogP contribution in [0, 0.1) is 0 Å². The molecule has 3 amide bonds. The standard InChI is InChI=1S/C28H36BN5O9/c30-22(25(37)32-23-14-13-21(16-24(35)36)43-29(23)40)12-7-15-34(28(39)42-18-20-10-5-2-6-11-20)26(31)33-27(38)41-17-19-8-3-1-4-9-19/h1-6,8-11,21-23,40H,7,12-18,30H2,(H,32,37)(H,35,36)(H2,31,33,38)/t21-,22+,23-/m0/s1. The molecule has 0 unspecified atom stereocenters. The van der Waals surface area contributed by atoms with Crippen LogP contribution < -0.4 is 16.8 Å². The summed E-state index contributed by atoms with van der Waals surface area (Å²) in [6.45, 7) is -0.176. The lowest BCUT2D eigenvalue weighted by Crippen LogP contribution is -2.56. The molecule has 1 fully saturated rings. The molecule has 15 heteroatoms. The third-order valence-corrected chi connectivity index (χ3v) is 6.55. The smallest absolute Gasteiger partial charge is 0.478 e. The van der Waals surface area contributed by atoms with E-state index < -0.39 is 55.2 Å². The highest BCUT2D eigenvalue weighted by Gasteiger charge is 2.37. The fraction of sp³-hybridized carbons (Fsp3) is 0.393. The lowest BCUT2D eigenvalue weighted by Gasteiger charge is -2.31. The second kappa shape index (κ2) is 16.8. The SMILES string of the molecule is N/C(=N\C(=O)OCc1ccccc1)N(CCC[C@@H](N)C(=O)N[C@H]1CC[C@@H](CC(=O)O)OB1O)C(=O)OCc1ccccc1. The normalized spacial score (nSPS) is 17.4. The van der Waals surface area contributed by atoms with Crippen LogP contribution in [-0.4, -0.2) is 76.8 Å². The summed E-state index contributed by atoms with van der Waals surface area (Å²) >= 11 is 0. The van der Waals surface area contributed by atoms with Crippen molar-refractivity contribution in [3.8, 4) is 0 Å². The van der Waals surface area contributed by atoms with Gasteiger partial charge in [0.25, 0.3) is 0 Å². The Labute approximate surface area is 249 Å². The number of guanidine groups is 1. The highest BCUT2D eigenvalue weighted by molar-refractivity contribution is 6.45. The highest BCUT2D eigenvalue weighted by Crippen LogP contribution is 2.19. The summed E-state index contributed by atoms with van der Waals surface area (Å²) in [5.74, 6) is -2.81. The number of nitrogens with one attached hydrogen (secondary N) is 1. The lowest BCUT2D eigenvalue weighted by molar-refractivity contribution is -0.139. The molecule has 7 N–H and O–H groups in total. The van der Waals surface area contributed by atoms with E-state index in [2.05, 4.69) is 10.3 Å². The van der Waals surface area contributed by atoms with Gasteiger partial charge in [0.05, 0.1) is 24.5 Å². The van der Waals surface area contributed by atoms with Gasteiger partial charge in [0.15, 0.2) is 0 Å². The molecule has 1 saturated heterocycles. The minimum absolute atomic E-state index is 0.0418. The van der Waals surface area contributed by atoms with E-state index in [1.165, 1.54) is 0 Å². The Morgan fingerprint density at radius 1 is 1.02 bits per heavy atom. The monoisotopic (exact) mass is 597 g/mol. The topological polar surface area (TPSA) is 216 Å². The molecule has 3 atom stereocenters. The van der Waals surface area contributed by atoms with Crippen molar-refractivity contribution in [2.75, 3.05) is 6.54 Å². The second-order valence-corrected chi connectivity index (χ2v) is 9.89. The molecule has 1 aliphatic rings. The van der Waals surface area contributed by atoms with E-state index in [0.29, 0.717) is 12.8 Å². The van der Waals surface area contributed by atoms with Gasteiger partial charge in [0.1, 0.15) is 13.2 Å². The Morgan fingerprint density at radius 2 is 1.63 bits per heavy atom. The number of hydrogen-bond donors (Lipinski definition) is 5. The minimum Gasteiger partial charge on any atom is -0.481 e. The predicted octanol–water partition coefficient (Wildman–Crippen LogP) is 1.54. The number of benzene rings is 2. The number of ether oxygens (including phenoxy) is 2. The molecule has 1 heterocycles. The van der Waals surface area contributed by atoms with Crippen molar-refractivity contribution in [2.45, 2.75) is 63.4 Å². The van der Waals surface area contributed by atoms with Crippen LogP contribution in [0.25, 0.3) is 0 Å². The van der Waals surface area contributed by atoms with E-state index in [0.717, 1.165) is 16.0 Å². The number of carboxylic acid groups (broad SMARTS) is 1. The van der Waals surface area contributed by atoms with Crippen molar-refractivity contribution in [3.63, 3.8) is 0 Å². The van der Waals surface area contributed by atoms with Crippen molar-refractivity contribution < 1.29 is 43.4 Å². The average molecular weight is 597 g/mol. The first-order valence-electron chi connectivity index (χ1n) is 13.8. The summed E-state index contributed by atoms with van der Waals surface area (Å²) in [6.07, 6.45) is -1.83. The summed E-state index contributed by atoms with van der Waals surface area (Å²) in [5, 5.41) is 21.7. The van der Waals surface area contributed by atoms with Crippen LogP contribution in [0.1, 0.15) is 43.2 Å². The number of nitrogens with two attached hydrogens (primary N) is 2. The average Bonchev–Trinajstić information content (AvgIpc) is 2.99. The number of rotatable bonds is 12. The summed E-state index contributed by atoms with van der Waals surface area (Å²) in [7, 11) is -1.37. The zero-order valence-electron chi connectivity index (χ0n) is 23.5. The molecule has 0 aromatic heterocycles. The molecule has 0 radical (unpaired) electrons. The van der Waals surface area contributed by atoms with Gasteiger partial charge >= 0.3 is 25.3 Å². The third-order valence-electron chi connectivity index (χ3n) is 6.55. The molecule has 0 spiro atoms. The van der Waals surface area contributed by atoms with Gasteiger partial charge in [0.2, 0.25) is 11.9 Å². The van der Waals surface area contributed by atoms with Gasteiger partial charge in [-0.05, 0) is 36.8 Å². The summed E-state index contributed by atoms with van der Waals surface area (Å²) < 4.78 is 15.8. The maximum atomic E-state index is 12.9.